The van der Waals surface area contributed by atoms with Crippen molar-refractivity contribution in [1.82, 2.24) is 0 Å². The Kier molecular flexibility index (Phi) is 2.62. The van der Waals surface area contributed by atoms with Crippen LogP contribution in [0.3, 0.4) is 0 Å². The number of halogens is 1. The minimum absolute atomic E-state index is 0. The van der Waals surface area contributed by atoms with Gasteiger partial charge in [-0.1, -0.05) is 0 Å². The fraction of sp³-hybridized carbons (Fsp3) is 0.167. The fourth-order valence-corrected chi connectivity index (χ4v) is 0.511. The second-order valence-corrected chi connectivity index (χ2v) is 1.97. The molecule has 3 heteroatoms. The zero-order valence-corrected chi connectivity index (χ0v) is 6.14. The van der Waals surface area contributed by atoms with E-state index in [-0.39, 0.29) is 12.4 Å². The first-order valence-corrected chi connectivity index (χ1v) is 2.48. The van der Waals surface area contributed by atoms with E-state index in [0.29, 0.717) is 4.48 Å². The smallest absolute Gasteiger partial charge is 0.199 e. The van der Waals surface area contributed by atoms with Gasteiger partial charge in [-0.3, -0.25) is 0 Å². The van der Waals surface area contributed by atoms with Gasteiger partial charge in [0.15, 0.2) is 6.34 Å². The van der Waals surface area contributed by atoms with Crippen LogP contribution in [0.5, 0.6) is 0 Å². The van der Waals surface area contributed by atoms with E-state index in [1.807, 2.05) is 25.8 Å². The van der Waals surface area contributed by atoms with Crippen LogP contribution in [0.4, 0.5) is 0 Å². The summed E-state index contributed by atoms with van der Waals surface area (Å²) in [4.78, 5) is 3.90. The molecular weight excluding hydrogens is 136 g/mol. The summed E-state index contributed by atoms with van der Waals surface area (Å²) in [7, 11) is 2.00. The molecule has 1 aliphatic rings. The van der Waals surface area contributed by atoms with Crippen molar-refractivity contribution < 1.29 is 4.48 Å². The first kappa shape index (κ1) is 8.40. The lowest BCUT2D eigenvalue weighted by Gasteiger charge is -2.13. The Labute approximate surface area is 61.2 Å². The van der Waals surface area contributed by atoms with Crippen LogP contribution in [0.2, 0.25) is 0 Å². The molecule has 0 aromatic carbocycles. The lowest BCUT2D eigenvalue weighted by atomic mass is 10.6. The minimum Gasteiger partial charge on any atom is -0.230 e. The van der Waals surface area contributed by atoms with Gasteiger partial charge < -0.3 is 0 Å². The molecule has 0 spiro atoms. The number of rotatable bonds is 1. The molecule has 0 bridgehead atoms. The summed E-state index contributed by atoms with van der Waals surface area (Å²) in [5.41, 5.74) is 0. The van der Waals surface area contributed by atoms with Crippen molar-refractivity contribution in [2.24, 2.45) is 4.99 Å². The Hall–Kier alpha value is -0.600. The van der Waals surface area contributed by atoms with Gasteiger partial charge in [0.25, 0.3) is 0 Å². The third-order valence-corrected chi connectivity index (χ3v) is 1.18. The van der Waals surface area contributed by atoms with E-state index in [1.54, 1.807) is 6.20 Å². The Balaban J connectivity index is 0.000000640. The van der Waals surface area contributed by atoms with Gasteiger partial charge in [-0.25, -0.2) is 9.48 Å². The Bertz CT molecular complexity index is 148. The Morgan fingerprint density at radius 2 is 2.33 bits per heavy atom. The number of quaternary nitrogens is 1. The van der Waals surface area contributed by atoms with Crippen LogP contribution in [-0.2, 0) is 0 Å². The quantitative estimate of drug-likeness (QED) is 0.496. The number of hydrogen-bond acceptors (Lipinski definition) is 1. The van der Waals surface area contributed by atoms with Crippen LogP contribution in [0.1, 0.15) is 0 Å². The number of hydrogen-bond donors (Lipinski definition) is 0. The van der Waals surface area contributed by atoms with Crippen molar-refractivity contribution >= 4 is 18.7 Å². The highest BCUT2D eigenvalue weighted by Gasteiger charge is 2.13. The van der Waals surface area contributed by atoms with E-state index >= 15 is 0 Å². The molecule has 1 heterocycles. The third kappa shape index (κ3) is 1.66. The van der Waals surface area contributed by atoms with Gasteiger partial charge in [0.1, 0.15) is 6.20 Å². The minimum atomic E-state index is 0. The standard InChI is InChI=1S/C6H9N2.ClH/c1-3-8(2)5-4-7-6-8;/h3-6H,1H2,2H3;1H/q+1;. The fourth-order valence-electron chi connectivity index (χ4n) is 0.511. The molecule has 0 aromatic heterocycles. The molecule has 0 amide bonds. The van der Waals surface area contributed by atoms with Crippen LogP contribution >= 0.6 is 12.4 Å². The normalized spacial score (nSPS) is 29.9. The van der Waals surface area contributed by atoms with Gasteiger partial charge in [-0.05, 0) is 6.58 Å². The highest BCUT2D eigenvalue weighted by Crippen LogP contribution is 2.05. The second kappa shape index (κ2) is 2.80. The molecule has 0 aromatic rings. The van der Waals surface area contributed by atoms with Gasteiger partial charge >= 0.3 is 0 Å². The molecule has 1 rings (SSSR count). The van der Waals surface area contributed by atoms with E-state index in [1.165, 1.54) is 0 Å². The first-order valence-electron chi connectivity index (χ1n) is 2.48. The summed E-state index contributed by atoms with van der Waals surface area (Å²) in [6, 6.07) is 0. The Morgan fingerprint density at radius 3 is 2.56 bits per heavy atom. The molecule has 2 nitrogen and oxygen atoms in total. The van der Waals surface area contributed by atoms with Gasteiger partial charge in [-0.15, -0.1) is 12.4 Å². The molecule has 0 saturated carbocycles. The van der Waals surface area contributed by atoms with Crippen LogP contribution < -0.4 is 0 Å². The molecule has 0 aliphatic carbocycles. The summed E-state index contributed by atoms with van der Waals surface area (Å²) in [6.45, 7) is 3.64. The van der Waals surface area contributed by atoms with Gasteiger partial charge in [-0.2, -0.15) is 0 Å². The molecule has 1 aliphatic heterocycles. The average Bonchev–Trinajstić information content (AvgIpc) is 2.17. The maximum atomic E-state index is 3.90. The van der Waals surface area contributed by atoms with Gasteiger partial charge in [0.05, 0.1) is 19.4 Å². The molecule has 0 radical (unpaired) electrons. The molecule has 1 atom stereocenters. The molecule has 1 unspecified atom stereocenters. The molecule has 0 N–H and O–H groups in total. The molecule has 0 saturated heterocycles. The average molecular weight is 146 g/mol. The summed E-state index contributed by atoms with van der Waals surface area (Å²) >= 11 is 0. The molecule has 0 fully saturated rings. The van der Waals surface area contributed by atoms with Crippen molar-refractivity contribution in [3.8, 4) is 0 Å². The number of aliphatic imine (C=N–C) groups is 1. The summed E-state index contributed by atoms with van der Waals surface area (Å²) in [5, 5.41) is 0. The van der Waals surface area contributed by atoms with Crippen molar-refractivity contribution in [3.63, 3.8) is 0 Å². The highest BCUT2D eigenvalue weighted by atomic mass is 35.5. The number of nitrogens with zero attached hydrogens (tertiary/aromatic N) is 2. The zero-order chi connectivity index (χ0) is 6.04. The van der Waals surface area contributed by atoms with E-state index in [0.717, 1.165) is 0 Å². The lowest BCUT2D eigenvalue weighted by molar-refractivity contribution is -0.696. The second-order valence-electron chi connectivity index (χ2n) is 1.97. The van der Waals surface area contributed by atoms with Crippen LogP contribution in [0.25, 0.3) is 0 Å². The van der Waals surface area contributed by atoms with E-state index < -0.39 is 0 Å². The van der Waals surface area contributed by atoms with Crippen molar-refractivity contribution in [1.29, 1.82) is 0 Å². The molecule has 50 valence electrons. The SMILES string of the molecule is C=C[N+]1(C)C=CN=C1.Cl. The van der Waals surface area contributed by atoms with E-state index in [9.17, 15) is 0 Å². The van der Waals surface area contributed by atoms with E-state index in [4.69, 9.17) is 0 Å². The lowest BCUT2D eigenvalue weighted by Crippen LogP contribution is -2.26. The van der Waals surface area contributed by atoms with Crippen LogP contribution in [-0.4, -0.2) is 17.9 Å². The molecule has 9 heavy (non-hydrogen) atoms. The van der Waals surface area contributed by atoms with Crippen LogP contribution in [0, 0.1) is 0 Å². The van der Waals surface area contributed by atoms with E-state index in [2.05, 4.69) is 11.6 Å². The van der Waals surface area contributed by atoms with Crippen LogP contribution in [0.15, 0.2) is 30.2 Å². The van der Waals surface area contributed by atoms with Crippen molar-refractivity contribution in [2.45, 2.75) is 0 Å². The topological polar surface area (TPSA) is 12.4 Å². The maximum absolute atomic E-state index is 3.90. The third-order valence-electron chi connectivity index (χ3n) is 1.18. The predicted octanol–water partition coefficient (Wildman–Crippen LogP) is 1.51. The highest BCUT2D eigenvalue weighted by molar-refractivity contribution is 5.85. The first-order chi connectivity index (χ1) is 3.77. The Morgan fingerprint density at radius 1 is 1.67 bits per heavy atom. The van der Waals surface area contributed by atoms with Gasteiger partial charge in [0.2, 0.25) is 0 Å². The predicted molar refractivity (Wildman–Crippen MR) is 41.3 cm³/mol. The van der Waals surface area contributed by atoms with Crippen molar-refractivity contribution in [2.75, 3.05) is 7.05 Å². The largest absolute Gasteiger partial charge is 0.230 e. The maximum Gasteiger partial charge on any atom is 0.199 e. The summed E-state index contributed by atoms with van der Waals surface area (Å²) in [6.07, 6.45) is 7.34. The zero-order valence-electron chi connectivity index (χ0n) is 5.32. The monoisotopic (exact) mass is 145 g/mol. The molecular formula is C6H10ClN2+. The summed E-state index contributed by atoms with van der Waals surface area (Å²) < 4.78 is 0.611. The van der Waals surface area contributed by atoms with Crippen molar-refractivity contribution in [3.05, 3.63) is 25.2 Å². The van der Waals surface area contributed by atoms with Gasteiger partial charge in [0, 0.05) is 0 Å². The summed E-state index contributed by atoms with van der Waals surface area (Å²) in [5.74, 6) is 0.